The number of likely N-dealkylation sites (N-methyl/N-ethyl adjacent to an activating group) is 1. The quantitative estimate of drug-likeness (QED) is 0.320. The molecule has 5 rings (SSSR count). The maximum Gasteiger partial charge on any atom is 0.253 e. The predicted molar refractivity (Wildman–Crippen MR) is 167 cm³/mol. The number of nitrogens with zero attached hydrogens (tertiary/aromatic N) is 4. The van der Waals surface area contributed by atoms with Crippen LogP contribution >= 0.6 is 0 Å². The van der Waals surface area contributed by atoms with Crippen LogP contribution in [0.25, 0.3) is 22.0 Å². The highest BCUT2D eigenvalue weighted by molar-refractivity contribution is 6.08. The summed E-state index contributed by atoms with van der Waals surface area (Å²) in [6, 6.07) is 10.3. The number of H-pyrrole nitrogens is 1. The van der Waals surface area contributed by atoms with Crippen molar-refractivity contribution in [1.82, 2.24) is 24.8 Å². The molecule has 41 heavy (non-hydrogen) atoms. The van der Waals surface area contributed by atoms with Crippen LogP contribution in [0.2, 0.25) is 0 Å². The number of amides is 1. The summed E-state index contributed by atoms with van der Waals surface area (Å²) in [6.07, 6.45) is 5.75. The molecule has 1 aliphatic rings. The molecular formula is C33H42N6O2. The van der Waals surface area contributed by atoms with Gasteiger partial charge in [0.2, 0.25) is 0 Å². The van der Waals surface area contributed by atoms with Gasteiger partial charge in [0.15, 0.2) is 0 Å². The van der Waals surface area contributed by atoms with Crippen molar-refractivity contribution >= 4 is 22.6 Å². The Labute approximate surface area is 242 Å². The molecule has 8 heteroatoms. The number of aryl methyl sites for hydroxylation is 3. The van der Waals surface area contributed by atoms with Gasteiger partial charge in [0.25, 0.3) is 11.5 Å². The van der Waals surface area contributed by atoms with Crippen LogP contribution in [0.1, 0.15) is 65.9 Å². The summed E-state index contributed by atoms with van der Waals surface area (Å²) in [7, 11) is 4.14. The number of anilines is 1. The van der Waals surface area contributed by atoms with Crippen LogP contribution in [0.15, 0.2) is 47.5 Å². The summed E-state index contributed by atoms with van der Waals surface area (Å²) in [5.74, 6) is 1.08. The SMILES string of the molecule is CCCc1cc(C)[nH]c(=O)c1CNC(=O)c1cc(-c2ccc(N3CCN(C)CC3)nc2)cc2c(C(C)C)cn(C)c12. The number of benzene rings is 1. The van der Waals surface area contributed by atoms with E-state index >= 15 is 0 Å². The van der Waals surface area contributed by atoms with Crippen molar-refractivity contribution < 1.29 is 4.79 Å². The van der Waals surface area contributed by atoms with E-state index in [0.717, 1.165) is 78.1 Å². The number of aromatic amines is 1. The Morgan fingerprint density at radius 2 is 1.83 bits per heavy atom. The lowest BCUT2D eigenvalue weighted by Crippen LogP contribution is -2.44. The van der Waals surface area contributed by atoms with Crippen LogP contribution in [0.3, 0.4) is 0 Å². The standard InChI is InChI=1S/C33H42N6O2/c1-7-8-23-15-22(4)36-33(41)28(23)19-35-32(40)27-17-25(16-26-29(21(2)3)20-38(6)31(26)27)24-9-10-30(34-18-24)39-13-11-37(5)12-14-39/h9-10,15-18,20-21H,7-8,11-14,19H2,1-6H3,(H,35,40)(H,36,41). The molecule has 1 saturated heterocycles. The van der Waals surface area contributed by atoms with Crippen molar-refractivity contribution in [2.24, 2.45) is 7.05 Å². The van der Waals surface area contributed by atoms with Gasteiger partial charge in [-0.15, -0.1) is 0 Å². The molecular weight excluding hydrogens is 512 g/mol. The van der Waals surface area contributed by atoms with Crippen molar-refractivity contribution in [1.29, 1.82) is 0 Å². The number of hydrogen-bond donors (Lipinski definition) is 2. The van der Waals surface area contributed by atoms with E-state index in [1.165, 1.54) is 5.56 Å². The number of carbonyl (C=O) groups excluding carboxylic acids is 1. The van der Waals surface area contributed by atoms with Gasteiger partial charge in [-0.2, -0.15) is 0 Å². The summed E-state index contributed by atoms with van der Waals surface area (Å²) in [5, 5.41) is 4.13. The van der Waals surface area contributed by atoms with Gasteiger partial charge in [0, 0.05) is 74.4 Å². The minimum absolute atomic E-state index is 0.139. The number of aromatic nitrogens is 3. The van der Waals surface area contributed by atoms with Crippen molar-refractivity contribution in [2.45, 2.75) is 53.0 Å². The van der Waals surface area contributed by atoms with Gasteiger partial charge in [0.05, 0.1) is 11.1 Å². The van der Waals surface area contributed by atoms with Crippen molar-refractivity contribution in [3.8, 4) is 11.1 Å². The molecule has 1 aliphatic heterocycles. The number of rotatable bonds is 8. The first-order valence-electron chi connectivity index (χ1n) is 14.7. The largest absolute Gasteiger partial charge is 0.354 e. The van der Waals surface area contributed by atoms with Crippen LogP contribution in [-0.2, 0) is 20.0 Å². The minimum atomic E-state index is -0.196. The number of piperazine rings is 1. The molecule has 2 N–H and O–H groups in total. The van der Waals surface area contributed by atoms with Crippen molar-refractivity contribution in [3.05, 3.63) is 81.0 Å². The number of pyridine rings is 2. The monoisotopic (exact) mass is 554 g/mol. The third-order valence-corrected chi connectivity index (χ3v) is 8.19. The second-order valence-corrected chi connectivity index (χ2v) is 11.7. The van der Waals surface area contributed by atoms with E-state index in [9.17, 15) is 9.59 Å². The maximum absolute atomic E-state index is 13.8. The Morgan fingerprint density at radius 3 is 2.49 bits per heavy atom. The first-order chi connectivity index (χ1) is 19.7. The fraction of sp³-hybridized carbons (Fsp3) is 0.424. The molecule has 3 aromatic heterocycles. The summed E-state index contributed by atoms with van der Waals surface area (Å²) in [5.41, 5.74) is 6.91. The molecule has 1 fully saturated rings. The predicted octanol–water partition coefficient (Wildman–Crippen LogP) is 4.99. The summed E-state index contributed by atoms with van der Waals surface area (Å²) < 4.78 is 2.04. The molecule has 1 aromatic carbocycles. The van der Waals surface area contributed by atoms with E-state index in [1.54, 1.807) is 0 Å². The maximum atomic E-state index is 13.8. The van der Waals surface area contributed by atoms with Gasteiger partial charge in [-0.1, -0.05) is 27.2 Å². The molecule has 0 bridgehead atoms. The lowest BCUT2D eigenvalue weighted by Gasteiger charge is -2.33. The highest BCUT2D eigenvalue weighted by atomic mass is 16.1. The van der Waals surface area contributed by atoms with Gasteiger partial charge >= 0.3 is 0 Å². The van der Waals surface area contributed by atoms with Gasteiger partial charge < -0.3 is 24.7 Å². The van der Waals surface area contributed by atoms with E-state index in [1.807, 2.05) is 36.9 Å². The lowest BCUT2D eigenvalue weighted by molar-refractivity contribution is 0.0952. The van der Waals surface area contributed by atoms with E-state index in [-0.39, 0.29) is 18.0 Å². The first kappa shape index (κ1) is 28.6. The number of fused-ring (bicyclic) bond motifs is 1. The molecule has 0 spiro atoms. The van der Waals surface area contributed by atoms with Crippen LogP contribution in [0.5, 0.6) is 0 Å². The topological polar surface area (TPSA) is 86.3 Å². The third kappa shape index (κ3) is 5.93. The molecule has 0 radical (unpaired) electrons. The normalized spacial score (nSPS) is 14.3. The molecule has 216 valence electrons. The first-order valence-corrected chi connectivity index (χ1v) is 14.7. The zero-order valence-corrected chi connectivity index (χ0v) is 25.2. The number of nitrogens with one attached hydrogen (secondary N) is 2. The third-order valence-electron chi connectivity index (χ3n) is 8.19. The number of carbonyl (C=O) groups is 1. The summed E-state index contributed by atoms with van der Waals surface area (Å²) in [4.78, 5) is 39.0. The van der Waals surface area contributed by atoms with Crippen molar-refractivity contribution in [2.75, 3.05) is 38.1 Å². The van der Waals surface area contributed by atoms with Gasteiger partial charge in [0.1, 0.15) is 5.82 Å². The molecule has 0 aliphatic carbocycles. The van der Waals surface area contributed by atoms with Crippen LogP contribution in [0.4, 0.5) is 5.82 Å². The van der Waals surface area contributed by atoms with Crippen molar-refractivity contribution in [3.63, 3.8) is 0 Å². The molecule has 8 nitrogen and oxygen atoms in total. The summed E-state index contributed by atoms with van der Waals surface area (Å²) >= 11 is 0. The Hall–Kier alpha value is -3.91. The van der Waals surface area contributed by atoms with Gasteiger partial charge in [-0.05, 0) is 73.3 Å². The highest BCUT2D eigenvalue weighted by Gasteiger charge is 2.21. The molecule has 0 saturated carbocycles. The fourth-order valence-electron chi connectivity index (χ4n) is 5.89. The summed E-state index contributed by atoms with van der Waals surface area (Å²) in [6.45, 7) is 12.5. The molecule has 4 aromatic rings. The van der Waals surface area contributed by atoms with E-state index in [4.69, 9.17) is 4.98 Å². The smallest absolute Gasteiger partial charge is 0.253 e. The fourth-order valence-corrected chi connectivity index (χ4v) is 5.89. The Kier molecular flexibility index (Phi) is 8.31. The molecule has 0 unspecified atom stereocenters. The average molecular weight is 555 g/mol. The van der Waals surface area contributed by atoms with Crippen LogP contribution in [0, 0.1) is 6.92 Å². The Bertz CT molecular complexity index is 1610. The average Bonchev–Trinajstić information content (AvgIpc) is 3.29. The second-order valence-electron chi connectivity index (χ2n) is 11.7. The zero-order valence-electron chi connectivity index (χ0n) is 25.2. The second kappa shape index (κ2) is 11.9. The van der Waals surface area contributed by atoms with Gasteiger partial charge in [-0.25, -0.2) is 4.98 Å². The lowest BCUT2D eigenvalue weighted by atomic mass is 9.96. The highest BCUT2D eigenvalue weighted by Crippen LogP contribution is 2.34. The Balaban J connectivity index is 1.51. The zero-order chi connectivity index (χ0) is 29.3. The Morgan fingerprint density at radius 1 is 1.07 bits per heavy atom. The molecule has 1 amide bonds. The minimum Gasteiger partial charge on any atom is -0.354 e. The van der Waals surface area contributed by atoms with E-state index < -0.39 is 0 Å². The van der Waals surface area contributed by atoms with Crippen LogP contribution in [-0.4, -0.2) is 58.6 Å². The van der Waals surface area contributed by atoms with Gasteiger partial charge in [-0.3, -0.25) is 9.59 Å². The van der Waals surface area contributed by atoms with Crippen LogP contribution < -0.4 is 15.8 Å². The molecule has 0 atom stereocenters. The molecule has 4 heterocycles. The van der Waals surface area contributed by atoms with E-state index in [2.05, 4.69) is 72.3 Å². The van der Waals surface area contributed by atoms with E-state index in [0.29, 0.717) is 17.0 Å². The number of hydrogen-bond acceptors (Lipinski definition) is 5.